The molecule has 2 heterocycles. The molecular formula is C14H20N4O4. The highest BCUT2D eigenvalue weighted by Gasteiger charge is 2.15. The van der Waals surface area contributed by atoms with E-state index in [9.17, 15) is 14.4 Å². The van der Waals surface area contributed by atoms with Gasteiger partial charge < -0.3 is 9.72 Å². The van der Waals surface area contributed by atoms with Crippen LogP contribution in [0.2, 0.25) is 0 Å². The standard InChI is InChI=1S/C14H20N4O4/c1-3-4-7-17-12-11(15-9-16-12)13(20)18(14(17)21)8-5-6-10(19)22-2/h9H,3-8H2,1-2H3,(H,15,16). The number of aryl methyl sites for hydroxylation is 1. The summed E-state index contributed by atoms with van der Waals surface area (Å²) in [5.41, 5.74) is -0.0977. The fourth-order valence-electron chi connectivity index (χ4n) is 2.31. The highest BCUT2D eigenvalue weighted by molar-refractivity contribution is 5.69. The van der Waals surface area contributed by atoms with Crippen LogP contribution < -0.4 is 11.2 Å². The Bertz CT molecular complexity index is 771. The van der Waals surface area contributed by atoms with Crippen LogP contribution in [-0.2, 0) is 22.6 Å². The number of aromatic nitrogens is 4. The molecule has 2 aromatic rings. The summed E-state index contributed by atoms with van der Waals surface area (Å²) in [4.78, 5) is 42.9. The monoisotopic (exact) mass is 308 g/mol. The maximum atomic E-state index is 12.5. The van der Waals surface area contributed by atoms with Crippen molar-refractivity contribution < 1.29 is 9.53 Å². The van der Waals surface area contributed by atoms with Gasteiger partial charge in [-0.15, -0.1) is 0 Å². The minimum Gasteiger partial charge on any atom is -0.469 e. The van der Waals surface area contributed by atoms with Crippen molar-refractivity contribution in [3.63, 3.8) is 0 Å². The van der Waals surface area contributed by atoms with Crippen LogP contribution in [0.1, 0.15) is 32.6 Å². The molecule has 22 heavy (non-hydrogen) atoms. The first-order chi connectivity index (χ1) is 10.6. The van der Waals surface area contributed by atoms with Crippen molar-refractivity contribution in [2.75, 3.05) is 7.11 Å². The van der Waals surface area contributed by atoms with Crippen LogP contribution in [-0.4, -0.2) is 32.2 Å². The number of rotatable bonds is 7. The molecule has 0 saturated heterocycles. The van der Waals surface area contributed by atoms with E-state index in [-0.39, 0.29) is 24.6 Å². The summed E-state index contributed by atoms with van der Waals surface area (Å²) in [6.45, 7) is 2.71. The number of unbranched alkanes of at least 4 members (excludes halogenated alkanes) is 1. The van der Waals surface area contributed by atoms with Crippen molar-refractivity contribution in [3.05, 3.63) is 27.2 Å². The molecule has 2 aromatic heterocycles. The molecule has 120 valence electrons. The summed E-state index contributed by atoms with van der Waals surface area (Å²) in [6, 6.07) is 0. The smallest absolute Gasteiger partial charge is 0.332 e. The Morgan fingerprint density at radius 2 is 2.00 bits per heavy atom. The molecule has 0 aliphatic heterocycles. The normalized spacial score (nSPS) is 11.0. The third-order valence-electron chi connectivity index (χ3n) is 3.52. The highest BCUT2D eigenvalue weighted by atomic mass is 16.5. The number of nitrogens with zero attached hydrogens (tertiary/aromatic N) is 3. The molecule has 0 spiro atoms. The zero-order valence-electron chi connectivity index (χ0n) is 12.8. The zero-order valence-corrected chi connectivity index (χ0v) is 12.8. The lowest BCUT2D eigenvalue weighted by molar-refractivity contribution is -0.140. The topological polar surface area (TPSA) is 99.0 Å². The maximum Gasteiger partial charge on any atom is 0.332 e. The van der Waals surface area contributed by atoms with E-state index >= 15 is 0 Å². The van der Waals surface area contributed by atoms with Gasteiger partial charge in [0.15, 0.2) is 5.65 Å². The van der Waals surface area contributed by atoms with Crippen molar-refractivity contribution in [2.45, 2.75) is 45.7 Å². The molecular weight excluding hydrogens is 288 g/mol. The average Bonchev–Trinajstić information content (AvgIpc) is 2.99. The fraction of sp³-hybridized carbons (Fsp3) is 0.571. The second-order valence-electron chi connectivity index (χ2n) is 5.03. The van der Waals surface area contributed by atoms with Gasteiger partial charge in [0.25, 0.3) is 5.56 Å². The summed E-state index contributed by atoms with van der Waals surface area (Å²) in [5.74, 6) is -0.359. The molecule has 0 atom stereocenters. The van der Waals surface area contributed by atoms with Gasteiger partial charge in [0.05, 0.1) is 13.4 Å². The van der Waals surface area contributed by atoms with E-state index in [4.69, 9.17) is 0 Å². The fourth-order valence-corrected chi connectivity index (χ4v) is 2.31. The van der Waals surface area contributed by atoms with Crippen molar-refractivity contribution in [2.24, 2.45) is 0 Å². The van der Waals surface area contributed by atoms with Gasteiger partial charge in [0.2, 0.25) is 0 Å². The van der Waals surface area contributed by atoms with E-state index in [2.05, 4.69) is 14.7 Å². The van der Waals surface area contributed by atoms with Crippen molar-refractivity contribution in [1.82, 2.24) is 19.1 Å². The molecule has 0 amide bonds. The predicted molar refractivity (Wildman–Crippen MR) is 80.8 cm³/mol. The van der Waals surface area contributed by atoms with Crippen LogP contribution in [0.5, 0.6) is 0 Å². The average molecular weight is 308 g/mol. The minimum atomic E-state index is -0.407. The first kappa shape index (κ1) is 16.0. The summed E-state index contributed by atoms with van der Waals surface area (Å²) in [5, 5.41) is 0. The molecule has 0 aliphatic carbocycles. The van der Waals surface area contributed by atoms with Crippen LogP contribution in [0.15, 0.2) is 15.9 Å². The summed E-state index contributed by atoms with van der Waals surface area (Å²) < 4.78 is 7.22. The third kappa shape index (κ3) is 3.10. The molecule has 8 nitrogen and oxygen atoms in total. The van der Waals surface area contributed by atoms with Crippen LogP contribution in [0.25, 0.3) is 11.2 Å². The summed E-state index contributed by atoms with van der Waals surface area (Å²) >= 11 is 0. The number of carbonyl (C=O) groups excluding carboxylic acids is 1. The Kier molecular flexibility index (Phi) is 5.13. The number of carbonyl (C=O) groups is 1. The summed E-state index contributed by atoms with van der Waals surface area (Å²) in [6.07, 6.45) is 3.70. The molecule has 0 radical (unpaired) electrons. The highest BCUT2D eigenvalue weighted by Crippen LogP contribution is 2.04. The van der Waals surface area contributed by atoms with Gasteiger partial charge in [0.1, 0.15) is 5.52 Å². The Morgan fingerprint density at radius 1 is 1.27 bits per heavy atom. The van der Waals surface area contributed by atoms with Gasteiger partial charge in [0, 0.05) is 19.5 Å². The van der Waals surface area contributed by atoms with Gasteiger partial charge in [-0.25, -0.2) is 9.78 Å². The quantitative estimate of drug-likeness (QED) is 0.757. The largest absolute Gasteiger partial charge is 0.469 e. The first-order valence-electron chi connectivity index (χ1n) is 7.33. The molecule has 1 N–H and O–H groups in total. The van der Waals surface area contributed by atoms with Gasteiger partial charge in [-0.3, -0.25) is 18.7 Å². The predicted octanol–water partition coefficient (Wildman–Crippen LogP) is 0.640. The molecule has 0 aliphatic rings. The SMILES string of the molecule is CCCCn1c(=O)n(CCCC(=O)OC)c(=O)c2[nH]cnc21. The Hall–Kier alpha value is -2.38. The van der Waals surface area contributed by atoms with E-state index in [1.54, 1.807) is 0 Å². The number of fused-ring (bicyclic) bond motifs is 1. The maximum absolute atomic E-state index is 12.5. The third-order valence-corrected chi connectivity index (χ3v) is 3.52. The van der Waals surface area contributed by atoms with E-state index in [1.807, 2.05) is 6.92 Å². The Morgan fingerprint density at radius 3 is 2.68 bits per heavy atom. The molecule has 0 fully saturated rings. The van der Waals surface area contributed by atoms with Gasteiger partial charge in [-0.1, -0.05) is 13.3 Å². The van der Waals surface area contributed by atoms with E-state index in [0.717, 1.165) is 17.4 Å². The Labute approximate surface area is 126 Å². The molecule has 0 saturated carbocycles. The number of H-pyrrole nitrogens is 1. The lowest BCUT2D eigenvalue weighted by Gasteiger charge is -2.10. The molecule has 0 bridgehead atoms. The number of methoxy groups -OCH3 is 1. The lowest BCUT2D eigenvalue weighted by Crippen LogP contribution is -2.40. The van der Waals surface area contributed by atoms with E-state index < -0.39 is 5.56 Å². The van der Waals surface area contributed by atoms with Crippen LogP contribution in [0.3, 0.4) is 0 Å². The molecule has 0 unspecified atom stereocenters. The number of ether oxygens (including phenoxy) is 1. The second-order valence-corrected chi connectivity index (χ2v) is 5.03. The van der Waals surface area contributed by atoms with Crippen LogP contribution >= 0.6 is 0 Å². The lowest BCUT2D eigenvalue weighted by atomic mass is 10.3. The van der Waals surface area contributed by atoms with Crippen molar-refractivity contribution >= 4 is 17.1 Å². The number of esters is 1. The number of hydrogen-bond acceptors (Lipinski definition) is 5. The summed E-state index contributed by atoms with van der Waals surface area (Å²) in [7, 11) is 1.31. The van der Waals surface area contributed by atoms with Gasteiger partial charge >= 0.3 is 11.7 Å². The minimum absolute atomic E-state index is 0.165. The number of nitrogens with one attached hydrogen (secondary N) is 1. The second kappa shape index (κ2) is 7.06. The van der Waals surface area contributed by atoms with Crippen molar-refractivity contribution in [3.8, 4) is 0 Å². The van der Waals surface area contributed by atoms with Crippen molar-refractivity contribution in [1.29, 1.82) is 0 Å². The van der Waals surface area contributed by atoms with Gasteiger partial charge in [-0.05, 0) is 12.8 Å². The molecule has 0 aromatic carbocycles. The number of imidazole rings is 1. The Balaban J connectivity index is 2.38. The van der Waals surface area contributed by atoms with E-state index in [1.165, 1.54) is 18.0 Å². The first-order valence-corrected chi connectivity index (χ1v) is 7.33. The number of aromatic amines is 1. The van der Waals surface area contributed by atoms with Gasteiger partial charge in [-0.2, -0.15) is 0 Å². The zero-order chi connectivity index (χ0) is 16.1. The number of hydrogen-bond donors (Lipinski definition) is 1. The molecule has 8 heteroatoms. The van der Waals surface area contributed by atoms with Crippen LogP contribution in [0, 0.1) is 0 Å². The van der Waals surface area contributed by atoms with E-state index in [0.29, 0.717) is 24.1 Å². The molecule has 2 rings (SSSR count). The van der Waals surface area contributed by atoms with Crippen LogP contribution in [0.4, 0.5) is 0 Å².